The topological polar surface area (TPSA) is 34.1 Å². The third-order valence-electron chi connectivity index (χ3n) is 3.35. The van der Waals surface area contributed by atoms with E-state index in [1.54, 1.807) is 30.6 Å². The minimum absolute atomic E-state index is 0.566. The maximum Gasteiger partial charge on any atom is 0.188 e. The van der Waals surface area contributed by atoms with Gasteiger partial charge in [-0.05, 0) is 43.3 Å². The largest absolute Gasteiger partial charge is 0.497 e. The van der Waals surface area contributed by atoms with Gasteiger partial charge >= 0.3 is 0 Å². The number of thiazole rings is 1. The summed E-state index contributed by atoms with van der Waals surface area (Å²) in [5.74, 6) is 0.822. The molecule has 1 heterocycles. The monoisotopic (exact) mass is 364 g/mol. The van der Waals surface area contributed by atoms with E-state index in [2.05, 4.69) is 10.3 Å². The summed E-state index contributed by atoms with van der Waals surface area (Å²) in [6.45, 7) is 2.04. The Labute approximate surface area is 148 Å². The van der Waals surface area contributed by atoms with Gasteiger partial charge in [0, 0.05) is 10.4 Å². The lowest BCUT2D eigenvalue weighted by Crippen LogP contribution is -1.92. The quantitative estimate of drug-likeness (QED) is 0.600. The van der Waals surface area contributed by atoms with Gasteiger partial charge < -0.3 is 10.1 Å². The molecule has 0 spiro atoms. The fraction of sp³-hybridized carbons (Fsp3) is 0.118. The first-order valence-electron chi connectivity index (χ1n) is 6.91. The first kappa shape index (κ1) is 16.1. The minimum atomic E-state index is 0.566. The molecule has 23 heavy (non-hydrogen) atoms. The van der Waals surface area contributed by atoms with E-state index in [0.29, 0.717) is 15.7 Å². The number of nitrogens with zero attached hydrogens (tertiary/aromatic N) is 1. The van der Waals surface area contributed by atoms with Crippen molar-refractivity contribution in [3.05, 3.63) is 57.4 Å². The van der Waals surface area contributed by atoms with Crippen LogP contribution in [-0.4, -0.2) is 12.1 Å². The van der Waals surface area contributed by atoms with E-state index in [-0.39, 0.29) is 0 Å². The molecule has 1 aromatic heterocycles. The van der Waals surface area contributed by atoms with Gasteiger partial charge in [0.2, 0.25) is 0 Å². The number of para-hydroxylation sites is 1. The highest BCUT2D eigenvalue weighted by Gasteiger charge is 2.12. The van der Waals surface area contributed by atoms with Gasteiger partial charge in [0.15, 0.2) is 5.13 Å². The number of nitrogens with one attached hydrogen (secondary N) is 1. The van der Waals surface area contributed by atoms with E-state index < -0.39 is 0 Å². The second-order valence-electron chi connectivity index (χ2n) is 4.87. The van der Waals surface area contributed by atoms with Crippen LogP contribution in [-0.2, 0) is 0 Å². The Bertz CT molecular complexity index is 811. The Morgan fingerprint density at radius 1 is 1.04 bits per heavy atom. The summed E-state index contributed by atoms with van der Waals surface area (Å²) in [7, 11) is 1.65. The van der Waals surface area contributed by atoms with Gasteiger partial charge in [-0.25, -0.2) is 4.98 Å². The van der Waals surface area contributed by atoms with Crippen LogP contribution >= 0.6 is 34.5 Å². The van der Waals surface area contributed by atoms with Crippen LogP contribution in [0.5, 0.6) is 5.75 Å². The molecule has 3 aromatic rings. The third kappa shape index (κ3) is 3.44. The minimum Gasteiger partial charge on any atom is -0.497 e. The Kier molecular flexibility index (Phi) is 4.76. The average Bonchev–Trinajstić information content (AvgIpc) is 2.92. The number of ether oxygens (including phenoxy) is 1. The first-order valence-corrected chi connectivity index (χ1v) is 8.48. The maximum atomic E-state index is 6.19. The van der Waals surface area contributed by atoms with Crippen LogP contribution < -0.4 is 10.1 Å². The van der Waals surface area contributed by atoms with Crippen LogP contribution in [0.25, 0.3) is 11.3 Å². The van der Waals surface area contributed by atoms with Crippen molar-refractivity contribution in [2.45, 2.75) is 6.92 Å². The number of halogens is 2. The van der Waals surface area contributed by atoms with Crippen LogP contribution in [0.1, 0.15) is 4.88 Å². The smallest absolute Gasteiger partial charge is 0.188 e. The molecule has 0 saturated carbocycles. The third-order valence-corrected chi connectivity index (χ3v) is 4.87. The predicted octanol–water partition coefficient (Wildman–Crippen LogP) is 6.18. The lowest BCUT2D eigenvalue weighted by molar-refractivity contribution is 0.415. The fourth-order valence-corrected chi connectivity index (χ4v) is 3.52. The summed E-state index contributed by atoms with van der Waals surface area (Å²) < 4.78 is 5.19. The van der Waals surface area contributed by atoms with Crippen molar-refractivity contribution < 1.29 is 4.74 Å². The second-order valence-corrected chi connectivity index (χ2v) is 6.89. The molecule has 1 N–H and O–H groups in total. The van der Waals surface area contributed by atoms with E-state index in [9.17, 15) is 0 Å². The van der Waals surface area contributed by atoms with Crippen LogP contribution in [0.15, 0.2) is 42.5 Å². The predicted molar refractivity (Wildman–Crippen MR) is 98.6 cm³/mol. The SMILES string of the molecule is COc1ccc(-c2nc(Nc3c(Cl)cccc3Cl)sc2C)cc1. The van der Waals surface area contributed by atoms with Gasteiger partial charge in [0.25, 0.3) is 0 Å². The van der Waals surface area contributed by atoms with Crippen LogP contribution in [0.4, 0.5) is 10.8 Å². The van der Waals surface area contributed by atoms with Gasteiger partial charge in [-0.3, -0.25) is 0 Å². The van der Waals surface area contributed by atoms with Crippen LogP contribution in [0, 0.1) is 6.92 Å². The second kappa shape index (κ2) is 6.79. The number of hydrogen-bond acceptors (Lipinski definition) is 4. The molecular formula is C17H14Cl2N2OS. The molecule has 0 aliphatic rings. The van der Waals surface area contributed by atoms with E-state index in [1.165, 1.54) is 0 Å². The molecule has 6 heteroatoms. The number of aryl methyl sites for hydroxylation is 1. The summed E-state index contributed by atoms with van der Waals surface area (Å²) >= 11 is 13.9. The molecule has 0 amide bonds. The number of aromatic nitrogens is 1. The zero-order valence-electron chi connectivity index (χ0n) is 12.6. The van der Waals surface area contributed by atoms with Crippen molar-refractivity contribution >= 4 is 45.4 Å². The molecule has 0 aliphatic carbocycles. The molecule has 118 valence electrons. The number of methoxy groups -OCH3 is 1. The Morgan fingerprint density at radius 3 is 2.30 bits per heavy atom. The molecule has 0 unspecified atom stereocenters. The summed E-state index contributed by atoms with van der Waals surface area (Å²) in [5, 5.41) is 5.10. The van der Waals surface area contributed by atoms with Gasteiger partial charge in [-0.1, -0.05) is 29.3 Å². The van der Waals surface area contributed by atoms with Gasteiger partial charge in [0.1, 0.15) is 5.75 Å². The molecule has 0 bridgehead atoms. The highest BCUT2D eigenvalue weighted by atomic mass is 35.5. The van der Waals surface area contributed by atoms with Crippen molar-refractivity contribution in [1.29, 1.82) is 0 Å². The van der Waals surface area contributed by atoms with Crippen LogP contribution in [0.2, 0.25) is 10.0 Å². The van der Waals surface area contributed by atoms with Crippen molar-refractivity contribution in [3.63, 3.8) is 0 Å². The molecule has 3 nitrogen and oxygen atoms in total. The Morgan fingerprint density at radius 2 is 1.70 bits per heavy atom. The lowest BCUT2D eigenvalue weighted by Gasteiger charge is -2.07. The molecule has 0 aliphatic heterocycles. The van der Waals surface area contributed by atoms with E-state index in [4.69, 9.17) is 27.9 Å². The average molecular weight is 365 g/mol. The summed E-state index contributed by atoms with van der Waals surface area (Å²) in [4.78, 5) is 5.77. The number of benzene rings is 2. The van der Waals surface area contributed by atoms with Crippen molar-refractivity contribution in [1.82, 2.24) is 4.98 Å². The molecule has 0 radical (unpaired) electrons. The van der Waals surface area contributed by atoms with Gasteiger partial charge in [-0.15, -0.1) is 11.3 Å². The molecule has 0 fully saturated rings. The highest BCUT2D eigenvalue weighted by Crippen LogP contribution is 2.37. The molecular weight excluding hydrogens is 351 g/mol. The van der Waals surface area contributed by atoms with Crippen molar-refractivity contribution in [2.75, 3.05) is 12.4 Å². The number of rotatable bonds is 4. The van der Waals surface area contributed by atoms with Crippen LogP contribution in [0.3, 0.4) is 0 Å². The first-order chi connectivity index (χ1) is 11.1. The van der Waals surface area contributed by atoms with E-state index in [1.807, 2.05) is 37.3 Å². The number of anilines is 2. The van der Waals surface area contributed by atoms with Gasteiger partial charge in [-0.2, -0.15) is 0 Å². The number of hydrogen-bond donors (Lipinski definition) is 1. The molecule has 0 atom stereocenters. The van der Waals surface area contributed by atoms with Gasteiger partial charge in [0.05, 0.1) is 28.5 Å². The zero-order valence-corrected chi connectivity index (χ0v) is 14.9. The normalized spacial score (nSPS) is 10.6. The maximum absolute atomic E-state index is 6.19. The summed E-state index contributed by atoms with van der Waals surface area (Å²) in [5.41, 5.74) is 2.65. The summed E-state index contributed by atoms with van der Waals surface area (Å²) in [6.07, 6.45) is 0. The Balaban J connectivity index is 1.91. The summed E-state index contributed by atoms with van der Waals surface area (Å²) in [6, 6.07) is 13.2. The fourth-order valence-electron chi connectivity index (χ4n) is 2.19. The van der Waals surface area contributed by atoms with E-state index >= 15 is 0 Å². The van der Waals surface area contributed by atoms with Crippen molar-refractivity contribution in [3.8, 4) is 17.0 Å². The van der Waals surface area contributed by atoms with E-state index in [0.717, 1.165) is 27.0 Å². The molecule has 0 saturated heterocycles. The highest BCUT2D eigenvalue weighted by molar-refractivity contribution is 7.16. The zero-order chi connectivity index (χ0) is 16.4. The molecule has 3 rings (SSSR count). The van der Waals surface area contributed by atoms with Crippen molar-refractivity contribution in [2.24, 2.45) is 0 Å². The molecule has 2 aromatic carbocycles. The standard InChI is InChI=1S/C17H14Cl2N2OS/c1-10-15(11-6-8-12(22-2)9-7-11)20-17(23-10)21-16-13(18)4-3-5-14(16)19/h3-9H,1-2H3,(H,20,21). The lowest BCUT2D eigenvalue weighted by atomic mass is 10.1. The Hall–Kier alpha value is -1.75.